The smallest absolute Gasteiger partial charge is 0.0759 e. The van der Waals surface area contributed by atoms with E-state index in [4.69, 9.17) is 0 Å². The van der Waals surface area contributed by atoms with Crippen LogP contribution in [0.5, 0.6) is 0 Å². The standard InChI is InChI=1S/C14H23N3/c1-10-5-4-6-12(7-10)14(15-3)13-9-16-11(2)8-17-13/h8-10,12,14-15H,4-7H2,1-3H3. The summed E-state index contributed by atoms with van der Waals surface area (Å²) >= 11 is 0. The van der Waals surface area contributed by atoms with Crippen molar-refractivity contribution >= 4 is 0 Å². The van der Waals surface area contributed by atoms with Gasteiger partial charge < -0.3 is 5.32 Å². The maximum atomic E-state index is 4.52. The molecule has 0 radical (unpaired) electrons. The fourth-order valence-electron chi connectivity index (χ4n) is 2.97. The monoisotopic (exact) mass is 233 g/mol. The van der Waals surface area contributed by atoms with Gasteiger partial charge in [-0.3, -0.25) is 9.97 Å². The summed E-state index contributed by atoms with van der Waals surface area (Å²) in [6, 6.07) is 0.367. The molecule has 1 aliphatic rings. The zero-order valence-corrected chi connectivity index (χ0v) is 11.1. The van der Waals surface area contributed by atoms with Crippen LogP contribution in [0.15, 0.2) is 12.4 Å². The van der Waals surface area contributed by atoms with E-state index >= 15 is 0 Å². The van der Waals surface area contributed by atoms with Gasteiger partial charge in [0.15, 0.2) is 0 Å². The first kappa shape index (κ1) is 12.5. The van der Waals surface area contributed by atoms with Crippen molar-refractivity contribution in [2.24, 2.45) is 11.8 Å². The Morgan fingerprint density at radius 1 is 1.29 bits per heavy atom. The van der Waals surface area contributed by atoms with Gasteiger partial charge in [-0.05, 0) is 38.6 Å². The Bertz CT molecular complexity index is 347. The van der Waals surface area contributed by atoms with Gasteiger partial charge in [0.05, 0.1) is 23.6 Å². The predicted molar refractivity (Wildman–Crippen MR) is 69.7 cm³/mol. The largest absolute Gasteiger partial charge is 0.311 e. The first-order chi connectivity index (χ1) is 8.20. The molecule has 0 aliphatic heterocycles. The van der Waals surface area contributed by atoms with Crippen LogP contribution in [0.25, 0.3) is 0 Å². The average molecular weight is 233 g/mol. The van der Waals surface area contributed by atoms with Gasteiger partial charge in [0.25, 0.3) is 0 Å². The molecular formula is C14H23N3. The molecule has 1 heterocycles. The average Bonchev–Trinajstić information content (AvgIpc) is 2.33. The summed E-state index contributed by atoms with van der Waals surface area (Å²) < 4.78 is 0. The molecule has 2 rings (SSSR count). The molecule has 3 heteroatoms. The highest BCUT2D eigenvalue weighted by atomic mass is 14.9. The van der Waals surface area contributed by atoms with Gasteiger partial charge in [-0.25, -0.2) is 0 Å². The van der Waals surface area contributed by atoms with E-state index in [0.29, 0.717) is 12.0 Å². The Morgan fingerprint density at radius 3 is 2.71 bits per heavy atom. The Morgan fingerprint density at radius 2 is 2.12 bits per heavy atom. The van der Waals surface area contributed by atoms with Crippen molar-refractivity contribution in [3.63, 3.8) is 0 Å². The van der Waals surface area contributed by atoms with Crippen LogP contribution in [0.3, 0.4) is 0 Å². The number of aromatic nitrogens is 2. The third kappa shape index (κ3) is 3.03. The zero-order chi connectivity index (χ0) is 12.3. The molecular weight excluding hydrogens is 210 g/mol. The highest BCUT2D eigenvalue weighted by Crippen LogP contribution is 2.36. The van der Waals surface area contributed by atoms with Crippen molar-refractivity contribution in [3.8, 4) is 0 Å². The lowest BCUT2D eigenvalue weighted by Crippen LogP contribution is -2.29. The molecule has 1 saturated carbocycles. The SMILES string of the molecule is CNC(c1cnc(C)cn1)C1CCCC(C)C1. The van der Waals surface area contributed by atoms with Crippen LogP contribution in [-0.2, 0) is 0 Å². The van der Waals surface area contributed by atoms with Crippen LogP contribution in [0, 0.1) is 18.8 Å². The van der Waals surface area contributed by atoms with Crippen LogP contribution in [0.4, 0.5) is 0 Å². The third-order valence-corrected chi connectivity index (χ3v) is 3.88. The van der Waals surface area contributed by atoms with Gasteiger partial charge in [-0.15, -0.1) is 0 Å². The van der Waals surface area contributed by atoms with Crippen molar-refractivity contribution in [2.75, 3.05) is 7.05 Å². The molecule has 1 aromatic rings. The number of nitrogens with one attached hydrogen (secondary N) is 1. The van der Waals surface area contributed by atoms with Crippen LogP contribution in [0.1, 0.15) is 50.0 Å². The molecule has 3 nitrogen and oxygen atoms in total. The Balaban J connectivity index is 2.12. The second-order valence-electron chi connectivity index (χ2n) is 5.38. The summed E-state index contributed by atoms with van der Waals surface area (Å²) in [5, 5.41) is 3.43. The number of hydrogen-bond acceptors (Lipinski definition) is 3. The fourth-order valence-corrected chi connectivity index (χ4v) is 2.97. The van der Waals surface area contributed by atoms with E-state index in [1.165, 1.54) is 25.7 Å². The van der Waals surface area contributed by atoms with E-state index in [1.807, 2.05) is 26.4 Å². The minimum Gasteiger partial charge on any atom is -0.311 e. The van der Waals surface area contributed by atoms with Crippen molar-refractivity contribution < 1.29 is 0 Å². The Labute approximate surface area is 104 Å². The number of rotatable bonds is 3. The lowest BCUT2D eigenvalue weighted by atomic mass is 9.78. The molecule has 3 unspecified atom stereocenters. The van der Waals surface area contributed by atoms with Crippen LogP contribution in [0.2, 0.25) is 0 Å². The third-order valence-electron chi connectivity index (χ3n) is 3.88. The molecule has 3 atom stereocenters. The molecule has 1 aromatic heterocycles. The normalized spacial score (nSPS) is 26.8. The highest BCUT2D eigenvalue weighted by Gasteiger charge is 2.27. The number of nitrogens with zero attached hydrogens (tertiary/aromatic N) is 2. The lowest BCUT2D eigenvalue weighted by Gasteiger charge is -2.32. The lowest BCUT2D eigenvalue weighted by molar-refractivity contribution is 0.227. The first-order valence-corrected chi connectivity index (χ1v) is 6.66. The second kappa shape index (κ2) is 5.58. The van der Waals surface area contributed by atoms with Crippen LogP contribution < -0.4 is 5.32 Å². The van der Waals surface area contributed by atoms with E-state index in [2.05, 4.69) is 22.2 Å². The summed E-state index contributed by atoms with van der Waals surface area (Å²) in [7, 11) is 2.03. The topological polar surface area (TPSA) is 37.8 Å². The molecule has 94 valence electrons. The highest BCUT2D eigenvalue weighted by molar-refractivity contribution is 5.07. The van der Waals surface area contributed by atoms with Crippen molar-refractivity contribution in [1.82, 2.24) is 15.3 Å². The van der Waals surface area contributed by atoms with Gasteiger partial charge in [0, 0.05) is 6.20 Å². The van der Waals surface area contributed by atoms with Crippen molar-refractivity contribution in [2.45, 2.75) is 45.6 Å². The summed E-state index contributed by atoms with van der Waals surface area (Å²) in [6.07, 6.45) is 9.14. The summed E-state index contributed by atoms with van der Waals surface area (Å²) in [4.78, 5) is 8.88. The van der Waals surface area contributed by atoms with Crippen molar-refractivity contribution in [3.05, 3.63) is 23.8 Å². The van der Waals surface area contributed by atoms with Crippen LogP contribution >= 0.6 is 0 Å². The van der Waals surface area contributed by atoms with E-state index in [9.17, 15) is 0 Å². The fraction of sp³-hybridized carbons (Fsp3) is 0.714. The van der Waals surface area contributed by atoms with E-state index in [1.54, 1.807) is 0 Å². The minimum absolute atomic E-state index is 0.367. The quantitative estimate of drug-likeness (QED) is 0.872. The number of aryl methyl sites for hydroxylation is 1. The summed E-state index contributed by atoms with van der Waals surface area (Å²) in [5.74, 6) is 1.56. The molecule has 1 fully saturated rings. The Kier molecular flexibility index (Phi) is 4.11. The van der Waals surface area contributed by atoms with Crippen molar-refractivity contribution in [1.29, 1.82) is 0 Å². The van der Waals surface area contributed by atoms with Gasteiger partial charge in [-0.1, -0.05) is 19.8 Å². The summed E-state index contributed by atoms with van der Waals surface area (Å²) in [5.41, 5.74) is 2.08. The van der Waals surface area contributed by atoms with E-state index in [-0.39, 0.29) is 0 Å². The molecule has 0 amide bonds. The minimum atomic E-state index is 0.367. The van der Waals surface area contributed by atoms with Gasteiger partial charge in [0.1, 0.15) is 0 Å². The second-order valence-corrected chi connectivity index (χ2v) is 5.38. The molecule has 0 bridgehead atoms. The molecule has 0 saturated heterocycles. The Hall–Kier alpha value is -0.960. The maximum absolute atomic E-state index is 4.52. The summed E-state index contributed by atoms with van der Waals surface area (Å²) in [6.45, 7) is 4.34. The van der Waals surface area contributed by atoms with Gasteiger partial charge in [-0.2, -0.15) is 0 Å². The molecule has 0 spiro atoms. The maximum Gasteiger partial charge on any atom is 0.0759 e. The first-order valence-electron chi connectivity index (χ1n) is 6.66. The molecule has 17 heavy (non-hydrogen) atoms. The van der Waals surface area contributed by atoms with Crippen LogP contribution in [-0.4, -0.2) is 17.0 Å². The zero-order valence-electron chi connectivity index (χ0n) is 11.1. The molecule has 0 aromatic carbocycles. The van der Waals surface area contributed by atoms with Gasteiger partial charge in [0.2, 0.25) is 0 Å². The molecule has 1 N–H and O–H groups in total. The van der Waals surface area contributed by atoms with Gasteiger partial charge >= 0.3 is 0 Å². The molecule has 1 aliphatic carbocycles. The number of hydrogen-bond donors (Lipinski definition) is 1. The predicted octanol–water partition coefficient (Wildman–Crippen LogP) is 2.87. The van der Waals surface area contributed by atoms with E-state index in [0.717, 1.165) is 17.3 Å². The van der Waals surface area contributed by atoms with E-state index < -0.39 is 0 Å².